The average Bonchev–Trinajstić information content (AvgIpc) is 3.12. The molecule has 3 rings (SSSR count). The first-order valence-electron chi connectivity index (χ1n) is 8.01. The van der Waals surface area contributed by atoms with Crippen LogP contribution in [0.3, 0.4) is 0 Å². The van der Waals surface area contributed by atoms with Crippen LogP contribution in [0.4, 0.5) is 9.18 Å². The maximum Gasteiger partial charge on any atom is 0.318 e. The second kappa shape index (κ2) is 7.05. The lowest BCUT2D eigenvalue weighted by Gasteiger charge is -2.34. The molecule has 2 heterocycles. The summed E-state index contributed by atoms with van der Waals surface area (Å²) in [5.74, 6) is 0.471. The lowest BCUT2D eigenvalue weighted by molar-refractivity contribution is -0.0158. The number of urea groups is 1. The molecule has 0 saturated carbocycles. The van der Waals surface area contributed by atoms with Gasteiger partial charge in [0.2, 0.25) is 0 Å². The Hall–Kier alpha value is -2.34. The molecule has 1 N–H and O–H groups in total. The van der Waals surface area contributed by atoms with E-state index in [1.54, 1.807) is 36.3 Å². The molecule has 1 aliphatic heterocycles. The van der Waals surface area contributed by atoms with Crippen LogP contribution >= 0.6 is 0 Å². The summed E-state index contributed by atoms with van der Waals surface area (Å²) in [4.78, 5) is 14.2. The lowest BCUT2D eigenvalue weighted by atomic mass is 10.0. The highest BCUT2D eigenvalue weighted by molar-refractivity contribution is 5.74. The summed E-state index contributed by atoms with van der Waals surface area (Å²) in [6.45, 7) is 4.99. The number of nitrogens with one attached hydrogen (secondary N) is 1. The van der Waals surface area contributed by atoms with E-state index in [-0.39, 0.29) is 24.0 Å². The first-order chi connectivity index (χ1) is 11.5. The molecule has 128 valence electrons. The van der Waals surface area contributed by atoms with E-state index in [4.69, 9.17) is 9.15 Å². The fourth-order valence-corrected chi connectivity index (χ4v) is 2.79. The minimum absolute atomic E-state index is 0.161. The molecule has 0 radical (unpaired) electrons. The van der Waals surface area contributed by atoms with Crippen LogP contribution < -0.4 is 5.32 Å². The van der Waals surface area contributed by atoms with Gasteiger partial charge in [0.25, 0.3) is 0 Å². The van der Waals surface area contributed by atoms with E-state index in [9.17, 15) is 9.18 Å². The number of ether oxygens (including phenoxy) is 1. The molecule has 24 heavy (non-hydrogen) atoms. The van der Waals surface area contributed by atoms with Crippen LogP contribution in [0.5, 0.6) is 0 Å². The molecule has 1 aliphatic rings. The zero-order valence-electron chi connectivity index (χ0n) is 13.8. The Bertz CT molecular complexity index is 702. The van der Waals surface area contributed by atoms with Crippen molar-refractivity contribution in [2.45, 2.75) is 26.0 Å². The monoisotopic (exact) mass is 332 g/mol. The SMILES string of the molecule is Cc1cc(C2CN(C(=O)NC(C)c3ccco3)CCO2)ccc1F. The van der Waals surface area contributed by atoms with E-state index in [1.165, 1.54) is 6.07 Å². The number of benzene rings is 1. The summed E-state index contributed by atoms with van der Waals surface area (Å²) in [7, 11) is 0. The molecule has 2 amide bonds. The molecule has 1 aromatic heterocycles. The van der Waals surface area contributed by atoms with E-state index in [1.807, 2.05) is 13.0 Å². The Morgan fingerprint density at radius 1 is 1.42 bits per heavy atom. The number of halogens is 1. The van der Waals surface area contributed by atoms with Crippen LogP contribution in [-0.4, -0.2) is 30.6 Å². The summed E-state index contributed by atoms with van der Waals surface area (Å²) in [6, 6.07) is 8.17. The van der Waals surface area contributed by atoms with Gasteiger partial charge in [0, 0.05) is 6.54 Å². The largest absolute Gasteiger partial charge is 0.467 e. The first-order valence-corrected chi connectivity index (χ1v) is 8.01. The number of amides is 2. The van der Waals surface area contributed by atoms with Gasteiger partial charge in [-0.3, -0.25) is 0 Å². The third-order valence-electron chi connectivity index (χ3n) is 4.22. The Kier molecular flexibility index (Phi) is 4.85. The first kappa shape index (κ1) is 16.5. The van der Waals surface area contributed by atoms with Crippen LogP contribution in [0.25, 0.3) is 0 Å². The molecule has 0 aliphatic carbocycles. The predicted octanol–water partition coefficient (Wildman–Crippen LogP) is 3.57. The molecule has 2 unspecified atom stereocenters. The lowest BCUT2D eigenvalue weighted by Crippen LogP contribution is -2.47. The highest BCUT2D eigenvalue weighted by atomic mass is 19.1. The van der Waals surface area contributed by atoms with E-state index >= 15 is 0 Å². The third kappa shape index (κ3) is 3.59. The quantitative estimate of drug-likeness (QED) is 0.935. The highest BCUT2D eigenvalue weighted by Crippen LogP contribution is 2.24. The van der Waals surface area contributed by atoms with Gasteiger partial charge in [-0.2, -0.15) is 0 Å². The van der Waals surface area contributed by atoms with Crippen LogP contribution in [0, 0.1) is 12.7 Å². The number of aryl methyl sites for hydroxylation is 1. The minimum atomic E-state index is -0.247. The van der Waals surface area contributed by atoms with E-state index in [2.05, 4.69) is 5.32 Å². The van der Waals surface area contributed by atoms with Gasteiger partial charge in [-0.25, -0.2) is 9.18 Å². The van der Waals surface area contributed by atoms with Crippen molar-refractivity contribution in [3.63, 3.8) is 0 Å². The fourth-order valence-electron chi connectivity index (χ4n) is 2.79. The van der Waals surface area contributed by atoms with Gasteiger partial charge < -0.3 is 19.4 Å². The van der Waals surface area contributed by atoms with Crippen LogP contribution in [0.1, 0.15) is 36.0 Å². The van der Waals surface area contributed by atoms with Gasteiger partial charge in [0.15, 0.2) is 0 Å². The fraction of sp³-hybridized carbons (Fsp3) is 0.389. The van der Waals surface area contributed by atoms with Gasteiger partial charge in [0.1, 0.15) is 17.7 Å². The van der Waals surface area contributed by atoms with Crippen molar-refractivity contribution >= 4 is 6.03 Å². The predicted molar refractivity (Wildman–Crippen MR) is 87.1 cm³/mol. The maximum absolute atomic E-state index is 13.4. The van der Waals surface area contributed by atoms with Gasteiger partial charge in [-0.1, -0.05) is 12.1 Å². The molecule has 6 heteroatoms. The van der Waals surface area contributed by atoms with Gasteiger partial charge >= 0.3 is 6.03 Å². The number of furan rings is 1. The van der Waals surface area contributed by atoms with Crippen molar-refractivity contribution in [3.8, 4) is 0 Å². The minimum Gasteiger partial charge on any atom is -0.467 e. The number of morpholine rings is 1. The van der Waals surface area contributed by atoms with Gasteiger partial charge in [0.05, 0.1) is 25.5 Å². The number of nitrogens with zero attached hydrogens (tertiary/aromatic N) is 1. The van der Waals surface area contributed by atoms with E-state index in [0.29, 0.717) is 31.0 Å². The molecule has 2 atom stereocenters. The van der Waals surface area contributed by atoms with E-state index < -0.39 is 0 Å². The highest BCUT2D eigenvalue weighted by Gasteiger charge is 2.26. The summed E-state index contributed by atoms with van der Waals surface area (Å²) in [6.07, 6.45) is 1.34. The third-order valence-corrected chi connectivity index (χ3v) is 4.22. The number of carbonyl (C=O) groups excluding carboxylic acids is 1. The average molecular weight is 332 g/mol. The van der Waals surface area contributed by atoms with Crippen molar-refractivity contribution in [1.29, 1.82) is 0 Å². The Balaban J connectivity index is 1.64. The molecular formula is C18H21FN2O3. The molecule has 5 nitrogen and oxygen atoms in total. The molecule has 0 spiro atoms. The molecule has 1 fully saturated rings. The maximum atomic E-state index is 13.4. The Morgan fingerprint density at radius 2 is 2.25 bits per heavy atom. The molecule has 0 bridgehead atoms. The Labute approximate surface area is 140 Å². The summed E-state index contributed by atoms with van der Waals surface area (Å²) < 4.78 is 24.5. The van der Waals surface area contributed by atoms with Gasteiger partial charge in [-0.15, -0.1) is 0 Å². The van der Waals surface area contributed by atoms with Crippen molar-refractivity contribution in [1.82, 2.24) is 10.2 Å². The summed E-state index contributed by atoms with van der Waals surface area (Å²) in [5.41, 5.74) is 1.45. The van der Waals surface area contributed by atoms with E-state index in [0.717, 1.165) is 5.56 Å². The zero-order chi connectivity index (χ0) is 17.1. The number of rotatable bonds is 3. The van der Waals surface area contributed by atoms with Crippen molar-refractivity contribution in [3.05, 3.63) is 59.3 Å². The number of carbonyl (C=O) groups is 1. The van der Waals surface area contributed by atoms with Crippen LogP contribution in [0.2, 0.25) is 0 Å². The Morgan fingerprint density at radius 3 is 2.96 bits per heavy atom. The molecule has 2 aromatic rings. The molecular weight excluding hydrogens is 311 g/mol. The zero-order valence-corrected chi connectivity index (χ0v) is 13.8. The van der Waals surface area contributed by atoms with Gasteiger partial charge in [-0.05, 0) is 43.2 Å². The second-order valence-electron chi connectivity index (χ2n) is 6.00. The summed E-state index contributed by atoms with van der Waals surface area (Å²) in [5, 5.41) is 2.92. The topological polar surface area (TPSA) is 54.7 Å². The second-order valence-corrected chi connectivity index (χ2v) is 6.00. The van der Waals surface area contributed by atoms with Crippen LogP contribution in [-0.2, 0) is 4.74 Å². The van der Waals surface area contributed by atoms with Crippen molar-refractivity contribution in [2.75, 3.05) is 19.7 Å². The molecule has 1 saturated heterocycles. The van der Waals surface area contributed by atoms with Crippen LogP contribution in [0.15, 0.2) is 41.0 Å². The normalized spacial score (nSPS) is 19.1. The standard InChI is InChI=1S/C18H21FN2O3/c1-12-10-14(5-6-15(12)19)17-11-21(7-9-24-17)18(22)20-13(2)16-4-3-8-23-16/h3-6,8,10,13,17H,7,9,11H2,1-2H3,(H,20,22). The van der Waals surface area contributed by atoms with Crippen molar-refractivity contribution in [2.24, 2.45) is 0 Å². The smallest absolute Gasteiger partial charge is 0.318 e. The summed E-state index contributed by atoms with van der Waals surface area (Å²) >= 11 is 0. The van der Waals surface area contributed by atoms with Crippen molar-refractivity contribution < 1.29 is 18.3 Å². The number of hydrogen-bond acceptors (Lipinski definition) is 3. The number of hydrogen-bond donors (Lipinski definition) is 1. The molecule has 1 aromatic carbocycles.